The van der Waals surface area contributed by atoms with Crippen molar-refractivity contribution in [2.75, 3.05) is 0 Å². The number of benzene rings is 2. The van der Waals surface area contributed by atoms with Gasteiger partial charge in [0, 0.05) is 8.59 Å². The van der Waals surface area contributed by atoms with Gasteiger partial charge in [0.2, 0.25) is 0 Å². The van der Waals surface area contributed by atoms with Crippen LogP contribution >= 0.6 is 34.2 Å². The lowest BCUT2D eigenvalue weighted by molar-refractivity contribution is 0.860. The molecule has 0 aliphatic heterocycles. The second-order valence-electron chi connectivity index (χ2n) is 4.64. The third-order valence-corrected chi connectivity index (χ3v) is 4.39. The molecule has 0 radical (unpaired) electrons. The van der Waals surface area contributed by atoms with E-state index in [1.165, 1.54) is 5.56 Å². The fourth-order valence-electron chi connectivity index (χ4n) is 2.11. The Morgan fingerprint density at radius 1 is 1.16 bits per heavy atom. The molecule has 0 spiro atoms. The van der Waals surface area contributed by atoms with Gasteiger partial charge in [-0.3, -0.25) is 0 Å². The SMILES string of the molecule is CCCc1ccc(C(N)c2cc(Cl)ccc2I)cc1. The van der Waals surface area contributed by atoms with Crippen molar-refractivity contribution in [1.29, 1.82) is 0 Å². The van der Waals surface area contributed by atoms with Crippen LogP contribution in [0.25, 0.3) is 0 Å². The summed E-state index contributed by atoms with van der Waals surface area (Å²) in [5.41, 5.74) is 9.91. The average molecular weight is 386 g/mol. The summed E-state index contributed by atoms with van der Waals surface area (Å²) in [4.78, 5) is 0. The summed E-state index contributed by atoms with van der Waals surface area (Å²) < 4.78 is 1.15. The van der Waals surface area contributed by atoms with Crippen molar-refractivity contribution in [2.24, 2.45) is 5.73 Å². The van der Waals surface area contributed by atoms with E-state index in [1.54, 1.807) is 0 Å². The van der Waals surface area contributed by atoms with Crippen LogP contribution in [0.2, 0.25) is 5.02 Å². The Labute approximate surface area is 133 Å². The number of halogens is 2. The van der Waals surface area contributed by atoms with Crippen LogP contribution in [-0.2, 0) is 6.42 Å². The second-order valence-corrected chi connectivity index (χ2v) is 6.23. The first-order chi connectivity index (χ1) is 9.11. The first kappa shape index (κ1) is 14.8. The summed E-state index contributed by atoms with van der Waals surface area (Å²) in [7, 11) is 0. The lowest BCUT2D eigenvalue weighted by atomic mass is 9.98. The summed E-state index contributed by atoms with van der Waals surface area (Å²) >= 11 is 8.36. The molecule has 0 fully saturated rings. The van der Waals surface area contributed by atoms with E-state index < -0.39 is 0 Å². The van der Waals surface area contributed by atoms with Crippen LogP contribution in [0.4, 0.5) is 0 Å². The van der Waals surface area contributed by atoms with Crippen LogP contribution in [0.5, 0.6) is 0 Å². The predicted octanol–water partition coefficient (Wildman–Crippen LogP) is 4.95. The third-order valence-electron chi connectivity index (χ3n) is 3.17. The smallest absolute Gasteiger partial charge is 0.0562 e. The summed E-state index contributed by atoms with van der Waals surface area (Å²) in [6.45, 7) is 2.19. The van der Waals surface area contributed by atoms with Gasteiger partial charge in [0.15, 0.2) is 0 Å². The maximum atomic E-state index is 6.35. The van der Waals surface area contributed by atoms with Crippen molar-refractivity contribution in [2.45, 2.75) is 25.8 Å². The van der Waals surface area contributed by atoms with Gasteiger partial charge in [0.25, 0.3) is 0 Å². The minimum atomic E-state index is -0.124. The van der Waals surface area contributed by atoms with Gasteiger partial charge in [-0.2, -0.15) is 0 Å². The van der Waals surface area contributed by atoms with Gasteiger partial charge in [-0.15, -0.1) is 0 Å². The molecule has 0 saturated carbocycles. The van der Waals surface area contributed by atoms with Gasteiger partial charge in [0.1, 0.15) is 0 Å². The van der Waals surface area contributed by atoms with Crippen LogP contribution in [0, 0.1) is 3.57 Å². The van der Waals surface area contributed by atoms with Gasteiger partial charge in [0.05, 0.1) is 6.04 Å². The monoisotopic (exact) mass is 385 g/mol. The van der Waals surface area contributed by atoms with Gasteiger partial charge >= 0.3 is 0 Å². The first-order valence-corrected chi connectivity index (χ1v) is 7.87. The van der Waals surface area contributed by atoms with Crippen LogP contribution in [-0.4, -0.2) is 0 Å². The summed E-state index contributed by atoms with van der Waals surface area (Å²) in [6, 6.07) is 14.3. The normalized spacial score (nSPS) is 12.4. The highest BCUT2D eigenvalue weighted by molar-refractivity contribution is 14.1. The van der Waals surface area contributed by atoms with E-state index in [0.717, 1.165) is 32.6 Å². The Morgan fingerprint density at radius 3 is 2.47 bits per heavy atom. The zero-order valence-electron chi connectivity index (χ0n) is 10.9. The second kappa shape index (κ2) is 6.73. The maximum absolute atomic E-state index is 6.35. The number of hydrogen-bond donors (Lipinski definition) is 1. The summed E-state index contributed by atoms with van der Waals surface area (Å²) in [5.74, 6) is 0. The predicted molar refractivity (Wildman–Crippen MR) is 90.6 cm³/mol. The zero-order valence-corrected chi connectivity index (χ0v) is 13.8. The first-order valence-electron chi connectivity index (χ1n) is 6.41. The maximum Gasteiger partial charge on any atom is 0.0562 e. The molecule has 0 amide bonds. The Balaban J connectivity index is 2.27. The van der Waals surface area contributed by atoms with Crippen molar-refractivity contribution < 1.29 is 0 Å². The molecule has 2 aromatic carbocycles. The molecule has 1 unspecified atom stereocenters. The van der Waals surface area contributed by atoms with Crippen molar-refractivity contribution in [3.8, 4) is 0 Å². The molecular weight excluding hydrogens is 369 g/mol. The van der Waals surface area contributed by atoms with E-state index in [0.29, 0.717) is 0 Å². The summed E-state index contributed by atoms with van der Waals surface area (Å²) in [6.07, 6.45) is 2.28. The Bertz CT molecular complexity index is 551. The highest BCUT2D eigenvalue weighted by Gasteiger charge is 2.12. The number of aryl methyl sites for hydroxylation is 1. The molecule has 0 bridgehead atoms. The van der Waals surface area contributed by atoms with Gasteiger partial charge in [-0.25, -0.2) is 0 Å². The topological polar surface area (TPSA) is 26.0 Å². The molecule has 2 N–H and O–H groups in total. The number of nitrogens with two attached hydrogens (primary N) is 1. The molecule has 0 aromatic heterocycles. The molecule has 0 aliphatic rings. The van der Waals surface area contributed by atoms with Crippen LogP contribution in [0.15, 0.2) is 42.5 Å². The molecule has 19 heavy (non-hydrogen) atoms. The van der Waals surface area contributed by atoms with Crippen molar-refractivity contribution in [3.05, 3.63) is 67.7 Å². The molecule has 1 nitrogen and oxygen atoms in total. The molecule has 1 atom stereocenters. The third kappa shape index (κ3) is 3.71. The average Bonchev–Trinajstić information content (AvgIpc) is 2.42. The standard InChI is InChI=1S/C16H17ClIN/c1-2-3-11-4-6-12(7-5-11)16(19)14-10-13(17)8-9-15(14)18/h4-10,16H,2-3,19H2,1H3. The Kier molecular flexibility index (Phi) is 5.25. The fraction of sp³-hybridized carbons (Fsp3) is 0.250. The molecule has 0 saturated heterocycles. The number of hydrogen-bond acceptors (Lipinski definition) is 1. The fourth-order valence-corrected chi connectivity index (χ4v) is 2.96. The molecule has 3 heteroatoms. The van der Waals surface area contributed by atoms with Crippen molar-refractivity contribution >= 4 is 34.2 Å². The highest BCUT2D eigenvalue weighted by Crippen LogP contribution is 2.27. The highest BCUT2D eigenvalue weighted by atomic mass is 127. The number of rotatable bonds is 4. The van der Waals surface area contributed by atoms with E-state index in [9.17, 15) is 0 Å². The minimum Gasteiger partial charge on any atom is -0.320 e. The van der Waals surface area contributed by atoms with Crippen LogP contribution < -0.4 is 5.73 Å². The van der Waals surface area contributed by atoms with Gasteiger partial charge in [-0.05, 0) is 63.9 Å². The molecule has 2 rings (SSSR count). The largest absolute Gasteiger partial charge is 0.320 e. The minimum absolute atomic E-state index is 0.124. The Hall–Kier alpha value is -0.580. The van der Waals surface area contributed by atoms with E-state index in [1.807, 2.05) is 18.2 Å². The van der Waals surface area contributed by atoms with E-state index in [-0.39, 0.29) is 6.04 Å². The molecule has 100 valence electrons. The molecule has 2 aromatic rings. The lowest BCUT2D eigenvalue weighted by Crippen LogP contribution is -2.13. The summed E-state index contributed by atoms with van der Waals surface area (Å²) in [5, 5.41) is 0.730. The van der Waals surface area contributed by atoms with Crippen molar-refractivity contribution in [3.63, 3.8) is 0 Å². The van der Waals surface area contributed by atoms with Gasteiger partial charge < -0.3 is 5.73 Å². The zero-order chi connectivity index (χ0) is 13.8. The molecule has 0 aliphatic carbocycles. The van der Waals surface area contributed by atoms with E-state index >= 15 is 0 Å². The quantitative estimate of drug-likeness (QED) is 0.741. The molecule has 0 heterocycles. The Morgan fingerprint density at radius 2 is 1.84 bits per heavy atom. The lowest BCUT2D eigenvalue weighted by Gasteiger charge is -2.15. The van der Waals surface area contributed by atoms with E-state index in [4.69, 9.17) is 17.3 Å². The van der Waals surface area contributed by atoms with Crippen LogP contribution in [0.3, 0.4) is 0 Å². The van der Waals surface area contributed by atoms with E-state index in [2.05, 4.69) is 53.8 Å². The van der Waals surface area contributed by atoms with Crippen molar-refractivity contribution in [1.82, 2.24) is 0 Å². The van der Waals surface area contributed by atoms with Crippen LogP contribution in [0.1, 0.15) is 36.1 Å². The molecular formula is C16H17ClIN. The van der Waals surface area contributed by atoms with Gasteiger partial charge in [-0.1, -0.05) is 49.2 Å².